The zero-order chi connectivity index (χ0) is 13.0. The van der Waals surface area contributed by atoms with Crippen LogP contribution in [0.1, 0.15) is 33.1 Å². The Morgan fingerprint density at radius 3 is 2.78 bits per heavy atom. The van der Waals surface area contributed by atoms with Crippen molar-refractivity contribution >= 4 is 21.6 Å². The SMILES string of the molecule is CCCC1CN(c2ccccc2Br)C(CC)CN1. The van der Waals surface area contributed by atoms with Gasteiger partial charge < -0.3 is 10.2 Å². The molecular weight excluding hydrogens is 288 g/mol. The fourth-order valence-electron chi connectivity index (χ4n) is 2.75. The van der Waals surface area contributed by atoms with Crippen molar-refractivity contribution < 1.29 is 0 Å². The number of piperazine rings is 1. The van der Waals surface area contributed by atoms with Crippen molar-refractivity contribution in [3.05, 3.63) is 28.7 Å². The van der Waals surface area contributed by atoms with Crippen LogP contribution in [0.25, 0.3) is 0 Å². The van der Waals surface area contributed by atoms with E-state index < -0.39 is 0 Å². The van der Waals surface area contributed by atoms with E-state index in [1.165, 1.54) is 29.4 Å². The van der Waals surface area contributed by atoms with E-state index >= 15 is 0 Å². The van der Waals surface area contributed by atoms with Crippen LogP contribution in [0.3, 0.4) is 0 Å². The Bertz CT molecular complexity index is 381. The second kappa shape index (κ2) is 6.58. The number of halogens is 1. The number of anilines is 1. The Kier molecular flexibility index (Phi) is 5.07. The van der Waals surface area contributed by atoms with Crippen molar-refractivity contribution in [1.29, 1.82) is 0 Å². The number of rotatable bonds is 4. The van der Waals surface area contributed by atoms with Crippen LogP contribution in [-0.2, 0) is 0 Å². The van der Waals surface area contributed by atoms with Crippen LogP contribution in [-0.4, -0.2) is 25.2 Å². The van der Waals surface area contributed by atoms with Gasteiger partial charge in [0.1, 0.15) is 0 Å². The molecule has 1 aliphatic rings. The van der Waals surface area contributed by atoms with Crippen LogP contribution < -0.4 is 10.2 Å². The van der Waals surface area contributed by atoms with Gasteiger partial charge in [0.05, 0.1) is 5.69 Å². The zero-order valence-corrected chi connectivity index (χ0v) is 12.9. The van der Waals surface area contributed by atoms with E-state index in [-0.39, 0.29) is 0 Å². The molecule has 0 amide bonds. The highest BCUT2D eigenvalue weighted by Gasteiger charge is 2.27. The number of nitrogens with zero attached hydrogens (tertiary/aromatic N) is 1. The molecule has 3 heteroatoms. The van der Waals surface area contributed by atoms with Gasteiger partial charge in [0.25, 0.3) is 0 Å². The topological polar surface area (TPSA) is 15.3 Å². The van der Waals surface area contributed by atoms with Crippen LogP contribution in [0.15, 0.2) is 28.7 Å². The van der Waals surface area contributed by atoms with Gasteiger partial charge in [-0.25, -0.2) is 0 Å². The molecule has 2 rings (SSSR count). The van der Waals surface area contributed by atoms with Crippen molar-refractivity contribution in [2.24, 2.45) is 0 Å². The molecule has 0 saturated carbocycles. The van der Waals surface area contributed by atoms with E-state index in [9.17, 15) is 0 Å². The van der Waals surface area contributed by atoms with Crippen LogP contribution in [0, 0.1) is 0 Å². The van der Waals surface area contributed by atoms with E-state index in [0.717, 1.165) is 13.1 Å². The first kappa shape index (κ1) is 13.9. The first-order chi connectivity index (χ1) is 8.76. The van der Waals surface area contributed by atoms with Crippen molar-refractivity contribution in [2.45, 2.75) is 45.2 Å². The van der Waals surface area contributed by atoms with Crippen molar-refractivity contribution in [1.82, 2.24) is 5.32 Å². The summed E-state index contributed by atoms with van der Waals surface area (Å²) in [6.45, 7) is 6.75. The van der Waals surface area contributed by atoms with Crippen molar-refractivity contribution in [3.8, 4) is 0 Å². The molecule has 18 heavy (non-hydrogen) atoms. The third-order valence-corrected chi connectivity index (χ3v) is 4.44. The average molecular weight is 311 g/mol. The molecule has 1 N–H and O–H groups in total. The molecule has 0 aliphatic carbocycles. The van der Waals surface area contributed by atoms with Crippen LogP contribution in [0.4, 0.5) is 5.69 Å². The average Bonchev–Trinajstić information content (AvgIpc) is 2.40. The number of nitrogens with one attached hydrogen (secondary N) is 1. The van der Waals surface area contributed by atoms with Crippen LogP contribution >= 0.6 is 15.9 Å². The van der Waals surface area contributed by atoms with Crippen LogP contribution in [0.5, 0.6) is 0 Å². The van der Waals surface area contributed by atoms with E-state index in [1.54, 1.807) is 0 Å². The van der Waals surface area contributed by atoms with Gasteiger partial charge in [0, 0.05) is 29.6 Å². The van der Waals surface area contributed by atoms with Gasteiger partial charge in [-0.2, -0.15) is 0 Å². The fourth-order valence-corrected chi connectivity index (χ4v) is 3.26. The third-order valence-electron chi connectivity index (χ3n) is 3.77. The Morgan fingerprint density at radius 2 is 2.11 bits per heavy atom. The molecule has 1 aromatic rings. The maximum atomic E-state index is 3.69. The van der Waals surface area contributed by atoms with Crippen molar-refractivity contribution in [3.63, 3.8) is 0 Å². The quantitative estimate of drug-likeness (QED) is 0.910. The molecule has 100 valence electrons. The van der Waals surface area contributed by atoms with Crippen LogP contribution in [0.2, 0.25) is 0 Å². The summed E-state index contributed by atoms with van der Waals surface area (Å²) in [6.07, 6.45) is 3.70. The molecule has 1 saturated heterocycles. The van der Waals surface area contributed by atoms with E-state index in [2.05, 4.69) is 64.3 Å². The number of hydrogen-bond acceptors (Lipinski definition) is 2. The zero-order valence-electron chi connectivity index (χ0n) is 11.3. The minimum atomic E-state index is 0.608. The highest BCUT2D eigenvalue weighted by molar-refractivity contribution is 9.10. The summed E-state index contributed by atoms with van der Waals surface area (Å²) in [7, 11) is 0. The summed E-state index contributed by atoms with van der Waals surface area (Å²) in [4.78, 5) is 2.57. The second-order valence-corrected chi connectivity index (χ2v) is 5.91. The van der Waals surface area contributed by atoms with Gasteiger partial charge in [0.2, 0.25) is 0 Å². The molecule has 0 bridgehead atoms. The normalized spacial score (nSPS) is 24.3. The molecule has 1 fully saturated rings. The van der Waals surface area contributed by atoms with E-state index in [0.29, 0.717) is 12.1 Å². The van der Waals surface area contributed by atoms with Gasteiger partial charge in [-0.1, -0.05) is 32.4 Å². The van der Waals surface area contributed by atoms with E-state index in [1.807, 2.05) is 0 Å². The molecule has 0 spiro atoms. The molecule has 1 heterocycles. The monoisotopic (exact) mass is 310 g/mol. The summed E-state index contributed by atoms with van der Waals surface area (Å²) in [5.74, 6) is 0. The van der Waals surface area contributed by atoms with Gasteiger partial charge in [0.15, 0.2) is 0 Å². The standard InChI is InChI=1S/C15H23BrN2/c1-3-7-12-11-18(13(4-2)10-17-12)15-9-6-5-8-14(15)16/h5-6,8-9,12-13,17H,3-4,7,10-11H2,1-2H3. The molecule has 0 radical (unpaired) electrons. The second-order valence-electron chi connectivity index (χ2n) is 5.06. The van der Waals surface area contributed by atoms with E-state index in [4.69, 9.17) is 0 Å². The predicted molar refractivity (Wildman–Crippen MR) is 82.3 cm³/mol. The molecule has 2 atom stereocenters. The summed E-state index contributed by atoms with van der Waals surface area (Å²) in [6, 6.07) is 9.81. The number of benzene rings is 1. The minimum Gasteiger partial charge on any atom is -0.365 e. The highest BCUT2D eigenvalue weighted by atomic mass is 79.9. The van der Waals surface area contributed by atoms with Crippen molar-refractivity contribution in [2.75, 3.05) is 18.0 Å². The minimum absolute atomic E-state index is 0.608. The molecule has 0 aromatic heterocycles. The molecule has 2 nitrogen and oxygen atoms in total. The highest BCUT2D eigenvalue weighted by Crippen LogP contribution is 2.29. The number of para-hydroxylation sites is 1. The lowest BCUT2D eigenvalue weighted by molar-refractivity contribution is 0.369. The first-order valence-electron chi connectivity index (χ1n) is 7.00. The number of hydrogen-bond donors (Lipinski definition) is 1. The smallest absolute Gasteiger partial charge is 0.0514 e. The largest absolute Gasteiger partial charge is 0.365 e. The van der Waals surface area contributed by atoms with Gasteiger partial charge in [-0.15, -0.1) is 0 Å². The Hall–Kier alpha value is -0.540. The molecule has 1 aliphatic heterocycles. The maximum Gasteiger partial charge on any atom is 0.0514 e. The Morgan fingerprint density at radius 1 is 1.33 bits per heavy atom. The third kappa shape index (κ3) is 3.07. The van der Waals surface area contributed by atoms with Gasteiger partial charge in [-0.05, 0) is 40.9 Å². The summed E-state index contributed by atoms with van der Waals surface area (Å²) in [5, 5.41) is 3.68. The first-order valence-corrected chi connectivity index (χ1v) is 7.80. The lowest BCUT2D eigenvalue weighted by Gasteiger charge is -2.42. The summed E-state index contributed by atoms with van der Waals surface area (Å²) in [5.41, 5.74) is 1.34. The summed E-state index contributed by atoms with van der Waals surface area (Å²) >= 11 is 3.69. The molecular formula is C15H23BrN2. The van der Waals surface area contributed by atoms with Gasteiger partial charge >= 0.3 is 0 Å². The maximum absolute atomic E-state index is 3.69. The Balaban J connectivity index is 2.18. The Labute approximate surface area is 119 Å². The molecule has 1 aromatic carbocycles. The predicted octanol–water partition coefficient (Wildman–Crippen LogP) is 3.81. The molecule has 2 unspecified atom stereocenters. The lowest BCUT2D eigenvalue weighted by Crippen LogP contribution is -2.56. The lowest BCUT2D eigenvalue weighted by atomic mass is 10.0. The van der Waals surface area contributed by atoms with Gasteiger partial charge in [-0.3, -0.25) is 0 Å². The fraction of sp³-hybridized carbons (Fsp3) is 0.600. The summed E-state index contributed by atoms with van der Waals surface area (Å²) < 4.78 is 1.21.